The molecule has 0 bridgehead atoms. The summed E-state index contributed by atoms with van der Waals surface area (Å²) in [6.07, 6.45) is 24.7. The normalized spacial score (nSPS) is 38.3. The molecule has 4 fully saturated rings. The Morgan fingerprint density at radius 2 is 1.11 bits per heavy atom. The van der Waals surface area contributed by atoms with Gasteiger partial charge in [0.05, 0.1) is 6.10 Å². The van der Waals surface area contributed by atoms with E-state index in [1.807, 2.05) is 0 Å². The Labute approximate surface area is 171 Å². The van der Waals surface area contributed by atoms with Crippen LogP contribution in [-0.2, 0) is 10.9 Å². The predicted octanol–water partition coefficient (Wildman–Crippen LogP) is 6.63. The molecule has 2 heteroatoms. The zero-order valence-electron chi connectivity index (χ0n) is 17.9. The van der Waals surface area contributed by atoms with Crippen molar-refractivity contribution in [2.45, 2.75) is 138 Å². The lowest BCUT2D eigenvalue weighted by atomic mass is 9.69. The van der Waals surface area contributed by atoms with Crippen molar-refractivity contribution in [3.05, 3.63) is 0 Å². The van der Waals surface area contributed by atoms with Gasteiger partial charge in [0, 0.05) is 12.3 Å². The van der Waals surface area contributed by atoms with Gasteiger partial charge in [-0.2, -0.15) is 0 Å². The van der Waals surface area contributed by atoms with Gasteiger partial charge in [0.1, 0.15) is 15.7 Å². The van der Waals surface area contributed by atoms with Gasteiger partial charge in [-0.1, -0.05) is 51.9 Å². The van der Waals surface area contributed by atoms with E-state index in [0.29, 0.717) is 16.8 Å². The number of aliphatic hydroxyl groups excluding tert-OH is 1. The molecule has 0 aromatic heterocycles. The molecule has 0 aromatic carbocycles. The number of aliphatic hydroxyl groups is 1. The maximum atomic E-state index is 11.0. The number of hydrogen-bond acceptors (Lipinski definition) is 1. The van der Waals surface area contributed by atoms with Gasteiger partial charge in [-0.3, -0.25) is 0 Å². The van der Waals surface area contributed by atoms with E-state index in [1.165, 1.54) is 103 Å². The van der Waals surface area contributed by atoms with E-state index in [4.69, 9.17) is 0 Å². The Kier molecular flexibility index (Phi) is 7.53. The van der Waals surface area contributed by atoms with Crippen LogP contribution in [0.15, 0.2) is 0 Å². The fourth-order valence-corrected chi connectivity index (χ4v) is 11.6. The monoisotopic (exact) mass is 393 g/mol. The van der Waals surface area contributed by atoms with E-state index in [2.05, 4.69) is 6.92 Å². The Bertz CT molecular complexity index is 416. The summed E-state index contributed by atoms with van der Waals surface area (Å²) in [6.45, 7) is 2.51. The molecular formula is C25H45OS+. The molecule has 4 saturated carbocycles. The van der Waals surface area contributed by atoms with E-state index >= 15 is 0 Å². The Morgan fingerprint density at radius 3 is 1.63 bits per heavy atom. The third kappa shape index (κ3) is 4.90. The highest BCUT2D eigenvalue weighted by Crippen LogP contribution is 2.47. The van der Waals surface area contributed by atoms with Gasteiger partial charge in [0.25, 0.3) is 0 Å². The Morgan fingerprint density at radius 1 is 0.630 bits per heavy atom. The van der Waals surface area contributed by atoms with Crippen molar-refractivity contribution in [2.24, 2.45) is 17.8 Å². The second kappa shape index (κ2) is 9.88. The van der Waals surface area contributed by atoms with Crippen molar-refractivity contribution < 1.29 is 5.11 Å². The van der Waals surface area contributed by atoms with Gasteiger partial charge < -0.3 is 5.11 Å². The number of hydrogen-bond donors (Lipinski definition) is 1. The minimum absolute atomic E-state index is 0.00233. The quantitative estimate of drug-likeness (QED) is 0.532. The second-order valence-corrected chi connectivity index (χ2v) is 13.3. The first-order valence-corrected chi connectivity index (χ1v) is 14.0. The highest BCUT2D eigenvalue weighted by atomic mass is 32.2. The zero-order valence-corrected chi connectivity index (χ0v) is 18.7. The molecule has 4 unspecified atom stereocenters. The summed E-state index contributed by atoms with van der Waals surface area (Å²) in [5.74, 6) is 2.23. The summed E-state index contributed by atoms with van der Waals surface area (Å²) in [7, 11) is 0.635. The van der Waals surface area contributed by atoms with Crippen molar-refractivity contribution in [1.82, 2.24) is 0 Å². The van der Waals surface area contributed by atoms with E-state index in [9.17, 15) is 5.11 Å². The molecule has 0 aromatic rings. The molecule has 0 heterocycles. The Balaban J connectivity index is 1.52. The van der Waals surface area contributed by atoms with Crippen LogP contribution in [0.25, 0.3) is 0 Å². The van der Waals surface area contributed by atoms with Crippen LogP contribution < -0.4 is 0 Å². The average Bonchev–Trinajstić information content (AvgIpc) is 2.72. The minimum Gasteiger partial charge on any atom is -0.393 e. The average molecular weight is 394 g/mol. The summed E-state index contributed by atoms with van der Waals surface area (Å²) in [6, 6.07) is 0. The molecule has 1 nitrogen and oxygen atoms in total. The van der Waals surface area contributed by atoms with Crippen LogP contribution in [0.4, 0.5) is 0 Å². The van der Waals surface area contributed by atoms with E-state index in [0.717, 1.165) is 34.0 Å². The summed E-state index contributed by atoms with van der Waals surface area (Å²) >= 11 is 0. The standard InChI is InChI=1S/C25H45OS/c1-19-17-24(26)23(20-11-5-2-6-12-20)18-25(19)27(21-13-7-3-8-14-21)22-15-9-4-10-16-22/h19-26H,2-18H2,1H3/q+1. The molecule has 4 aliphatic rings. The van der Waals surface area contributed by atoms with Gasteiger partial charge in [0.2, 0.25) is 0 Å². The lowest BCUT2D eigenvalue weighted by Crippen LogP contribution is -2.51. The first-order valence-electron chi connectivity index (χ1n) is 12.6. The first kappa shape index (κ1) is 20.6. The lowest BCUT2D eigenvalue weighted by molar-refractivity contribution is 0.0109. The van der Waals surface area contributed by atoms with Gasteiger partial charge in [-0.25, -0.2) is 0 Å². The van der Waals surface area contributed by atoms with Crippen molar-refractivity contribution in [1.29, 1.82) is 0 Å². The molecule has 156 valence electrons. The van der Waals surface area contributed by atoms with Crippen molar-refractivity contribution in [3.8, 4) is 0 Å². The lowest BCUT2D eigenvalue weighted by Gasteiger charge is -2.45. The first-order chi connectivity index (χ1) is 13.2. The molecule has 0 saturated heterocycles. The molecule has 4 rings (SSSR count). The van der Waals surface area contributed by atoms with Gasteiger partial charge in [-0.15, -0.1) is 0 Å². The van der Waals surface area contributed by atoms with Gasteiger partial charge >= 0.3 is 0 Å². The van der Waals surface area contributed by atoms with Crippen LogP contribution in [0.2, 0.25) is 0 Å². The van der Waals surface area contributed by atoms with Gasteiger partial charge in [-0.05, 0) is 80.5 Å². The topological polar surface area (TPSA) is 20.2 Å². The van der Waals surface area contributed by atoms with E-state index in [1.54, 1.807) is 0 Å². The van der Waals surface area contributed by atoms with E-state index in [-0.39, 0.29) is 6.10 Å². The summed E-state index contributed by atoms with van der Waals surface area (Å²) in [4.78, 5) is 0. The summed E-state index contributed by atoms with van der Waals surface area (Å²) < 4.78 is 0. The predicted molar refractivity (Wildman–Crippen MR) is 119 cm³/mol. The SMILES string of the molecule is CC1CC(O)C(C2CCCCC2)CC1[S+](C1CCCCC1)C1CCCCC1. The van der Waals surface area contributed by atoms with Crippen LogP contribution in [0.5, 0.6) is 0 Å². The van der Waals surface area contributed by atoms with Crippen molar-refractivity contribution in [3.63, 3.8) is 0 Å². The molecule has 0 radical (unpaired) electrons. The fourth-order valence-electron chi connectivity index (χ4n) is 7.25. The van der Waals surface area contributed by atoms with Crippen LogP contribution in [-0.4, -0.2) is 27.0 Å². The van der Waals surface area contributed by atoms with Crippen molar-refractivity contribution in [2.75, 3.05) is 0 Å². The highest BCUT2D eigenvalue weighted by Gasteiger charge is 2.51. The fraction of sp³-hybridized carbons (Fsp3) is 1.00. The largest absolute Gasteiger partial charge is 0.393 e. The molecule has 4 atom stereocenters. The Hall–Kier alpha value is 0.310. The molecule has 0 amide bonds. The smallest absolute Gasteiger partial charge is 0.121 e. The van der Waals surface area contributed by atoms with E-state index < -0.39 is 0 Å². The third-order valence-corrected chi connectivity index (χ3v) is 12.6. The third-order valence-electron chi connectivity index (χ3n) is 8.73. The maximum Gasteiger partial charge on any atom is 0.121 e. The molecule has 0 aliphatic heterocycles. The summed E-state index contributed by atoms with van der Waals surface area (Å²) in [5, 5.41) is 14.0. The van der Waals surface area contributed by atoms with Crippen LogP contribution in [0, 0.1) is 17.8 Å². The minimum atomic E-state index is 0.00233. The van der Waals surface area contributed by atoms with Crippen LogP contribution in [0.1, 0.15) is 116 Å². The zero-order chi connectivity index (χ0) is 18.6. The maximum absolute atomic E-state index is 11.0. The molecular weight excluding hydrogens is 348 g/mol. The molecule has 0 spiro atoms. The molecule has 1 N–H and O–H groups in total. The summed E-state index contributed by atoms with van der Waals surface area (Å²) in [5.41, 5.74) is 0. The van der Waals surface area contributed by atoms with Crippen LogP contribution in [0.3, 0.4) is 0 Å². The second-order valence-electron chi connectivity index (χ2n) is 10.5. The number of rotatable bonds is 4. The van der Waals surface area contributed by atoms with Crippen LogP contribution >= 0.6 is 0 Å². The molecule has 27 heavy (non-hydrogen) atoms. The van der Waals surface area contributed by atoms with Gasteiger partial charge in [0.15, 0.2) is 0 Å². The highest BCUT2D eigenvalue weighted by molar-refractivity contribution is 7.98. The molecule has 4 aliphatic carbocycles. The van der Waals surface area contributed by atoms with Crippen molar-refractivity contribution >= 4 is 10.9 Å².